The van der Waals surface area contributed by atoms with Gasteiger partial charge in [-0.2, -0.15) is 13.2 Å². The number of halogens is 3. The second kappa shape index (κ2) is 6.35. The molecule has 0 spiro atoms. The molecule has 0 saturated carbocycles. The Morgan fingerprint density at radius 2 is 1.85 bits per heavy atom. The Bertz CT molecular complexity index is 1110. The molecule has 2 N–H and O–H groups in total. The zero-order valence-corrected chi connectivity index (χ0v) is 13.6. The fourth-order valence-corrected chi connectivity index (χ4v) is 2.66. The van der Waals surface area contributed by atoms with Crippen LogP contribution in [0.2, 0.25) is 0 Å². The minimum absolute atomic E-state index is 0.180. The van der Waals surface area contributed by atoms with E-state index in [1.54, 1.807) is 0 Å². The van der Waals surface area contributed by atoms with Crippen molar-refractivity contribution < 1.29 is 37.3 Å². The van der Waals surface area contributed by atoms with Gasteiger partial charge in [-0.25, -0.2) is 4.79 Å². The van der Waals surface area contributed by atoms with Crippen molar-refractivity contribution in [1.29, 1.82) is 0 Å². The molecule has 0 saturated heterocycles. The van der Waals surface area contributed by atoms with E-state index in [2.05, 4.69) is 0 Å². The van der Waals surface area contributed by atoms with Crippen LogP contribution in [0.4, 0.5) is 13.2 Å². The van der Waals surface area contributed by atoms with Crippen LogP contribution in [0, 0.1) is 0 Å². The van der Waals surface area contributed by atoms with Gasteiger partial charge in [0, 0.05) is 11.6 Å². The van der Waals surface area contributed by atoms with Gasteiger partial charge in [0.1, 0.15) is 17.1 Å². The van der Waals surface area contributed by atoms with E-state index < -0.39 is 34.5 Å². The predicted octanol–water partition coefficient (Wildman–Crippen LogP) is 3.89. The number of rotatable bonds is 3. The third-order valence-corrected chi connectivity index (χ3v) is 3.85. The number of hydrogen-bond donors (Lipinski definition) is 2. The molecule has 0 aliphatic rings. The number of ether oxygens (including phenoxy) is 1. The summed E-state index contributed by atoms with van der Waals surface area (Å²) in [7, 11) is 1.14. The van der Waals surface area contributed by atoms with Crippen molar-refractivity contribution in [2.45, 2.75) is 6.18 Å². The molecule has 6 nitrogen and oxygen atoms in total. The Kier molecular flexibility index (Phi) is 4.30. The van der Waals surface area contributed by atoms with E-state index in [1.165, 1.54) is 0 Å². The Balaban J connectivity index is 2.44. The van der Waals surface area contributed by atoms with Crippen molar-refractivity contribution >= 4 is 16.9 Å². The molecule has 2 aromatic carbocycles. The molecule has 1 heterocycles. The molecule has 0 aliphatic carbocycles. The van der Waals surface area contributed by atoms with E-state index >= 15 is 0 Å². The first kappa shape index (κ1) is 18.3. The number of fused-ring (bicyclic) bond motifs is 1. The molecule has 0 atom stereocenters. The molecule has 0 fully saturated rings. The van der Waals surface area contributed by atoms with Crippen LogP contribution in [0.5, 0.6) is 11.5 Å². The highest BCUT2D eigenvalue weighted by Gasteiger charge is 2.40. The third kappa shape index (κ3) is 3.19. The number of aromatic hydroxyl groups is 1. The Morgan fingerprint density at radius 1 is 1.15 bits per heavy atom. The fourth-order valence-electron chi connectivity index (χ4n) is 2.66. The van der Waals surface area contributed by atoms with Crippen molar-refractivity contribution in [2.24, 2.45) is 0 Å². The standard InChI is InChI=1S/C18H11F3O6/c1-26-12-6-8(17(24)25)2-4-10(12)14-15(23)11-5-3-9(22)7-13(11)27-16(14)18(19,20)21/h2-7,22H,1H3,(H,24,25). The first-order valence-electron chi connectivity index (χ1n) is 7.42. The van der Waals surface area contributed by atoms with Gasteiger partial charge in [-0.05, 0) is 30.3 Å². The van der Waals surface area contributed by atoms with Crippen LogP contribution in [0.1, 0.15) is 16.1 Å². The van der Waals surface area contributed by atoms with E-state index in [4.69, 9.17) is 14.3 Å². The lowest BCUT2D eigenvalue weighted by atomic mass is 9.99. The first-order valence-corrected chi connectivity index (χ1v) is 7.42. The molecule has 0 bridgehead atoms. The normalized spacial score (nSPS) is 11.6. The summed E-state index contributed by atoms with van der Waals surface area (Å²) >= 11 is 0. The maximum Gasteiger partial charge on any atom is 0.450 e. The molecule has 3 rings (SSSR count). The molecule has 140 valence electrons. The zero-order valence-electron chi connectivity index (χ0n) is 13.6. The second-order valence-corrected chi connectivity index (χ2v) is 5.53. The van der Waals surface area contributed by atoms with Crippen LogP contribution in [0.15, 0.2) is 45.6 Å². The van der Waals surface area contributed by atoms with E-state index in [-0.39, 0.29) is 28.0 Å². The molecule has 9 heteroatoms. The number of alkyl halides is 3. The maximum absolute atomic E-state index is 13.6. The number of phenols is 1. The fraction of sp³-hybridized carbons (Fsp3) is 0.111. The highest BCUT2D eigenvalue weighted by molar-refractivity contribution is 5.91. The highest BCUT2D eigenvalue weighted by Crippen LogP contribution is 2.40. The summed E-state index contributed by atoms with van der Waals surface area (Å²) in [4.78, 5) is 23.9. The van der Waals surface area contributed by atoms with Crippen LogP contribution in [0.25, 0.3) is 22.1 Å². The number of hydrogen-bond acceptors (Lipinski definition) is 5. The summed E-state index contributed by atoms with van der Waals surface area (Å²) in [6.07, 6.45) is -5.02. The van der Waals surface area contributed by atoms with Gasteiger partial charge in [0.2, 0.25) is 11.2 Å². The average molecular weight is 380 g/mol. The lowest BCUT2D eigenvalue weighted by Crippen LogP contribution is -2.16. The molecule has 0 radical (unpaired) electrons. The van der Waals surface area contributed by atoms with E-state index in [9.17, 15) is 27.9 Å². The molecule has 0 aliphatic heterocycles. The van der Waals surface area contributed by atoms with E-state index in [0.717, 1.165) is 43.5 Å². The number of benzene rings is 2. The van der Waals surface area contributed by atoms with Crippen molar-refractivity contribution in [3.05, 3.63) is 57.9 Å². The largest absolute Gasteiger partial charge is 0.508 e. The van der Waals surface area contributed by atoms with Gasteiger partial charge in [-0.3, -0.25) is 4.79 Å². The van der Waals surface area contributed by atoms with E-state index in [0.29, 0.717) is 0 Å². The van der Waals surface area contributed by atoms with Crippen LogP contribution >= 0.6 is 0 Å². The number of carbonyl (C=O) groups is 1. The summed E-state index contributed by atoms with van der Waals surface area (Å²) < 4.78 is 50.6. The number of aromatic carboxylic acids is 1. The van der Waals surface area contributed by atoms with Crippen molar-refractivity contribution in [1.82, 2.24) is 0 Å². The number of carboxylic acid groups (broad SMARTS) is 1. The summed E-state index contributed by atoms with van der Waals surface area (Å²) in [5.74, 6) is -3.48. The summed E-state index contributed by atoms with van der Waals surface area (Å²) in [5, 5.41) is 18.3. The van der Waals surface area contributed by atoms with Gasteiger partial charge < -0.3 is 19.4 Å². The Labute approximate surface area is 149 Å². The quantitative estimate of drug-likeness (QED) is 0.716. The van der Waals surface area contributed by atoms with Gasteiger partial charge in [0.25, 0.3) is 0 Å². The average Bonchev–Trinajstić information content (AvgIpc) is 2.60. The summed E-state index contributed by atoms with van der Waals surface area (Å²) in [6, 6.07) is 6.30. The molecule has 3 aromatic rings. The minimum Gasteiger partial charge on any atom is -0.508 e. The second-order valence-electron chi connectivity index (χ2n) is 5.53. The van der Waals surface area contributed by atoms with E-state index in [1.807, 2.05) is 0 Å². The number of phenolic OH excluding ortho intramolecular Hbond substituents is 1. The third-order valence-electron chi connectivity index (χ3n) is 3.85. The monoisotopic (exact) mass is 380 g/mol. The van der Waals surface area contributed by atoms with Gasteiger partial charge in [0.15, 0.2) is 0 Å². The summed E-state index contributed by atoms with van der Waals surface area (Å²) in [5.41, 5.74) is -2.73. The highest BCUT2D eigenvalue weighted by atomic mass is 19.4. The summed E-state index contributed by atoms with van der Waals surface area (Å²) in [6.45, 7) is 0. The molecule has 0 amide bonds. The van der Waals surface area contributed by atoms with Gasteiger partial charge >= 0.3 is 12.1 Å². The minimum atomic E-state index is -5.02. The Hall–Kier alpha value is -3.49. The van der Waals surface area contributed by atoms with Crippen molar-refractivity contribution in [2.75, 3.05) is 7.11 Å². The van der Waals surface area contributed by atoms with Crippen molar-refractivity contribution in [3.8, 4) is 22.6 Å². The van der Waals surface area contributed by atoms with Crippen LogP contribution in [0.3, 0.4) is 0 Å². The van der Waals surface area contributed by atoms with Crippen LogP contribution < -0.4 is 10.2 Å². The van der Waals surface area contributed by atoms with Crippen molar-refractivity contribution in [3.63, 3.8) is 0 Å². The topological polar surface area (TPSA) is 97.0 Å². The maximum atomic E-state index is 13.6. The molecule has 1 aromatic heterocycles. The smallest absolute Gasteiger partial charge is 0.450 e. The Morgan fingerprint density at radius 3 is 2.44 bits per heavy atom. The first-order chi connectivity index (χ1) is 12.6. The van der Waals surface area contributed by atoms with Gasteiger partial charge in [-0.1, -0.05) is 0 Å². The lowest BCUT2D eigenvalue weighted by Gasteiger charge is -2.15. The number of methoxy groups -OCH3 is 1. The predicted molar refractivity (Wildman–Crippen MR) is 88.1 cm³/mol. The molecular weight excluding hydrogens is 369 g/mol. The molecule has 0 unspecified atom stereocenters. The molecular formula is C18H11F3O6. The number of carboxylic acids is 1. The lowest BCUT2D eigenvalue weighted by molar-refractivity contribution is -0.152. The SMILES string of the molecule is COc1cc(C(=O)O)ccc1-c1c(C(F)(F)F)oc2cc(O)ccc2c1=O. The van der Waals surface area contributed by atoms with Gasteiger partial charge in [0.05, 0.1) is 23.6 Å². The van der Waals surface area contributed by atoms with Gasteiger partial charge in [-0.15, -0.1) is 0 Å². The molecule has 27 heavy (non-hydrogen) atoms. The van der Waals surface area contributed by atoms with Crippen LogP contribution in [-0.4, -0.2) is 23.3 Å². The zero-order chi connectivity index (χ0) is 19.9. The van der Waals surface area contributed by atoms with Crippen LogP contribution in [-0.2, 0) is 6.18 Å².